The molecule has 0 aliphatic rings. The van der Waals surface area contributed by atoms with Crippen LogP contribution < -0.4 is 11.1 Å². The van der Waals surface area contributed by atoms with Gasteiger partial charge in [-0.05, 0) is 41.8 Å². The van der Waals surface area contributed by atoms with E-state index in [1.807, 2.05) is 20.2 Å². The van der Waals surface area contributed by atoms with Crippen LogP contribution in [0.4, 0.5) is 14.6 Å². The molecule has 1 amide bonds. The Balaban J connectivity index is 1.60. The van der Waals surface area contributed by atoms with Crippen molar-refractivity contribution in [3.63, 3.8) is 0 Å². The van der Waals surface area contributed by atoms with Gasteiger partial charge >= 0.3 is 0 Å². The number of aromatic nitrogens is 3. The first-order chi connectivity index (χ1) is 16.8. The Labute approximate surface area is 201 Å². The first-order valence-corrected chi connectivity index (χ1v) is 10.9. The Kier molecular flexibility index (Phi) is 6.88. The number of aryl methyl sites for hydroxylation is 2. The van der Waals surface area contributed by atoms with Crippen molar-refractivity contribution < 1.29 is 18.7 Å². The number of alkyl halides is 1. The molecule has 0 saturated heterocycles. The number of nitrogens with two attached hydrogens (primary N) is 1. The van der Waals surface area contributed by atoms with Gasteiger partial charge in [-0.2, -0.15) is 5.10 Å². The summed E-state index contributed by atoms with van der Waals surface area (Å²) < 4.78 is 29.7. The molecule has 35 heavy (non-hydrogen) atoms. The van der Waals surface area contributed by atoms with Crippen LogP contribution in [0, 0.1) is 12.7 Å². The molecular formula is C26H25F2N5O2. The van der Waals surface area contributed by atoms with Crippen LogP contribution in [0.25, 0.3) is 22.3 Å². The molecule has 0 aliphatic carbocycles. The van der Waals surface area contributed by atoms with Gasteiger partial charge in [-0.25, -0.2) is 13.8 Å². The molecular weight excluding hydrogens is 452 g/mol. The maximum Gasteiger partial charge on any atom is 0.254 e. The number of nitrogens with zero attached hydrogens (tertiary/aromatic N) is 3. The summed E-state index contributed by atoms with van der Waals surface area (Å²) in [6, 6.07) is 11.6. The lowest BCUT2D eigenvalue weighted by Gasteiger charge is -2.18. The highest BCUT2D eigenvalue weighted by molar-refractivity contribution is 5.95. The van der Waals surface area contributed by atoms with E-state index in [0.29, 0.717) is 22.3 Å². The summed E-state index contributed by atoms with van der Waals surface area (Å²) in [6.45, 7) is 0.783. The summed E-state index contributed by atoms with van der Waals surface area (Å²) in [4.78, 5) is 17.0. The fourth-order valence-corrected chi connectivity index (χ4v) is 3.97. The van der Waals surface area contributed by atoms with E-state index in [0.717, 1.165) is 16.8 Å². The molecule has 180 valence electrons. The van der Waals surface area contributed by atoms with Gasteiger partial charge in [-0.1, -0.05) is 30.3 Å². The van der Waals surface area contributed by atoms with E-state index in [9.17, 15) is 14.3 Å². The lowest BCUT2D eigenvalue weighted by Crippen LogP contribution is -2.31. The van der Waals surface area contributed by atoms with Crippen LogP contribution in [0.1, 0.15) is 33.2 Å². The minimum absolute atomic E-state index is 0.195. The normalized spacial score (nSPS) is 11.9. The van der Waals surface area contributed by atoms with Gasteiger partial charge in [0.25, 0.3) is 5.91 Å². The standard InChI is InChI=1S/C26H25F2N5O2/c1-15-22(13-33(2)32-15)19-9-21(25(29)30-12-19)17-6-7-20(23(28)10-17)26(35)31-24(14-34)18-5-3-4-16(8-18)11-27/h3-10,12-13,24,34H,11,14H2,1-2H3,(H2,29,30)(H,31,35)/t24-/m1/s1. The van der Waals surface area contributed by atoms with Crippen molar-refractivity contribution in [3.05, 3.63) is 89.1 Å². The van der Waals surface area contributed by atoms with Crippen molar-refractivity contribution in [2.75, 3.05) is 12.3 Å². The molecule has 4 aromatic rings. The maximum absolute atomic E-state index is 15.0. The summed E-state index contributed by atoms with van der Waals surface area (Å²) in [6.07, 6.45) is 3.50. The van der Waals surface area contributed by atoms with Crippen molar-refractivity contribution in [2.24, 2.45) is 7.05 Å². The number of hydrogen-bond donors (Lipinski definition) is 3. The number of nitrogen functional groups attached to an aromatic ring is 1. The molecule has 0 bridgehead atoms. The van der Waals surface area contributed by atoms with Gasteiger partial charge in [-0.15, -0.1) is 0 Å². The van der Waals surface area contributed by atoms with E-state index in [1.165, 1.54) is 12.1 Å². The second kappa shape index (κ2) is 10.0. The zero-order valence-corrected chi connectivity index (χ0v) is 19.3. The lowest BCUT2D eigenvalue weighted by atomic mass is 9.99. The third kappa shape index (κ3) is 5.04. The minimum atomic E-state index is -0.813. The van der Waals surface area contributed by atoms with Crippen molar-refractivity contribution in [1.29, 1.82) is 0 Å². The topological polar surface area (TPSA) is 106 Å². The summed E-state index contributed by atoms with van der Waals surface area (Å²) in [5.41, 5.74) is 10.3. The highest BCUT2D eigenvalue weighted by Crippen LogP contribution is 2.31. The highest BCUT2D eigenvalue weighted by Gasteiger charge is 2.19. The molecule has 2 aromatic carbocycles. The molecule has 1 atom stereocenters. The predicted octanol–water partition coefficient (Wildman–Crippen LogP) is 4.11. The molecule has 0 spiro atoms. The van der Waals surface area contributed by atoms with Crippen molar-refractivity contribution in [2.45, 2.75) is 19.6 Å². The third-order valence-corrected chi connectivity index (χ3v) is 5.76. The van der Waals surface area contributed by atoms with Crippen molar-refractivity contribution >= 4 is 11.7 Å². The van der Waals surface area contributed by atoms with Gasteiger partial charge < -0.3 is 16.2 Å². The summed E-state index contributed by atoms with van der Waals surface area (Å²) >= 11 is 0. The van der Waals surface area contributed by atoms with Gasteiger partial charge in [0.05, 0.1) is 23.9 Å². The van der Waals surface area contributed by atoms with E-state index >= 15 is 4.39 Å². The Morgan fingerprint density at radius 2 is 1.97 bits per heavy atom. The third-order valence-electron chi connectivity index (χ3n) is 5.76. The van der Waals surface area contributed by atoms with Crippen LogP contribution >= 0.6 is 0 Å². The number of anilines is 1. The van der Waals surface area contributed by atoms with E-state index in [1.54, 1.807) is 47.3 Å². The van der Waals surface area contributed by atoms with Gasteiger partial charge in [-0.3, -0.25) is 9.48 Å². The molecule has 0 unspecified atom stereocenters. The first kappa shape index (κ1) is 24.0. The predicted molar refractivity (Wildman–Crippen MR) is 130 cm³/mol. The van der Waals surface area contributed by atoms with E-state index in [2.05, 4.69) is 15.4 Å². The van der Waals surface area contributed by atoms with E-state index in [4.69, 9.17) is 5.73 Å². The smallest absolute Gasteiger partial charge is 0.254 e. The largest absolute Gasteiger partial charge is 0.394 e. The number of aliphatic hydroxyl groups is 1. The molecule has 0 radical (unpaired) electrons. The van der Waals surface area contributed by atoms with Crippen LogP contribution in [-0.4, -0.2) is 32.4 Å². The van der Waals surface area contributed by atoms with Gasteiger partial charge in [0, 0.05) is 36.1 Å². The fraction of sp³-hybridized carbons (Fsp3) is 0.192. The lowest BCUT2D eigenvalue weighted by molar-refractivity contribution is 0.0912. The number of halogens is 2. The van der Waals surface area contributed by atoms with Gasteiger partial charge in [0.1, 0.15) is 18.3 Å². The molecule has 4 rings (SSSR count). The number of nitrogens with one attached hydrogen (secondary N) is 1. The summed E-state index contributed by atoms with van der Waals surface area (Å²) in [7, 11) is 1.82. The molecule has 9 heteroatoms. The molecule has 0 aliphatic heterocycles. The molecule has 2 aromatic heterocycles. The quantitative estimate of drug-likeness (QED) is 0.371. The molecule has 2 heterocycles. The maximum atomic E-state index is 15.0. The number of hydrogen-bond acceptors (Lipinski definition) is 5. The number of carbonyl (C=O) groups is 1. The Morgan fingerprint density at radius 1 is 1.17 bits per heavy atom. The zero-order valence-electron chi connectivity index (χ0n) is 19.3. The number of amides is 1. The fourth-order valence-electron chi connectivity index (χ4n) is 3.97. The Bertz CT molecular complexity index is 1390. The van der Waals surface area contributed by atoms with Crippen LogP contribution in [0.15, 0.2) is 60.9 Å². The average Bonchev–Trinajstić information content (AvgIpc) is 3.20. The van der Waals surface area contributed by atoms with Gasteiger partial charge in [0.2, 0.25) is 0 Å². The number of rotatable bonds is 7. The summed E-state index contributed by atoms with van der Waals surface area (Å²) in [5, 5.41) is 16.7. The van der Waals surface area contributed by atoms with Crippen LogP contribution in [0.5, 0.6) is 0 Å². The number of aliphatic hydroxyl groups excluding tert-OH is 1. The van der Waals surface area contributed by atoms with Crippen LogP contribution in [0.3, 0.4) is 0 Å². The second-order valence-electron chi connectivity index (χ2n) is 8.24. The van der Waals surface area contributed by atoms with Crippen LogP contribution in [-0.2, 0) is 13.7 Å². The van der Waals surface area contributed by atoms with Gasteiger partial charge in [0.15, 0.2) is 0 Å². The Morgan fingerprint density at radius 3 is 2.63 bits per heavy atom. The number of benzene rings is 2. The average molecular weight is 478 g/mol. The molecule has 0 fully saturated rings. The molecule has 0 saturated carbocycles. The van der Waals surface area contributed by atoms with Crippen molar-refractivity contribution in [3.8, 4) is 22.3 Å². The monoisotopic (exact) mass is 477 g/mol. The van der Waals surface area contributed by atoms with Crippen molar-refractivity contribution in [1.82, 2.24) is 20.1 Å². The number of pyridine rings is 1. The molecule has 7 nitrogen and oxygen atoms in total. The Hall–Kier alpha value is -4.11. The zero-order chi connectivity index (χ0) is 25.1. The SMILES string of the molecule is Cc1nn(C)cc1-c1cnc(N)c(-c2ccc(C(=O)N[C@H](CO)c3cccc(CF)c3)c(F)c2)c1. The van der Waals surface area contributed by atoms with E-state index < -0.39 is 31.0 Å². The summed E-state index contributed by atoms with van der Waals surface area (Å²) in [5.74, 6) is -1.24. The minimum Gasteiger partial charge on any atom is -0.394 e. The number of carbonyl (C=O) groups excluding carboxylic acids is 1. The van der Waals surface area contributed by atoms with E-state index in [-0.39, 0.29) is 11.4 Å². The first-order valence-electron chi connectivity index (χ1n) is 10.9. The highest BCUT2D eigenvalue weighted by atomic mass is 19.1. The molecule has 4 N–H and O–H groups in total. The second-order valence-corrected chi connectivity index (χ2v) is 8.24. The van der Waals surface area contributed by atoms with Crippen LogP contribution in [0.2, 0.25) is 0 Å².